The van der Waals surface area contributed by atoms with Gasteiger partial charge in [0.15, 0.2) is 0 Å². The smallest absolute Gasteiger partial charge is 0.748 e. The van der Waals surface area contributed by atoms with Crippen LogP contribution in [0.1, 0.15) is 96.8 Å². The first-order chi connectivity index (χ1) is 13.5. The van der Waals surface area contributed by atoms with Crippen LogP contribution in [-0.2, 0) is 10.1 Å². The molecule has 29 heavy (non-hydrogen) atoms. The van der Waals surface area contributed by atoms with Crippen molar-refractivity contribution in [3.05, 3.63) is 24.8 Å². The summed E-state index contributed by atoms with van der Waals surface area (Å²) in [5, 5.41) is 0. The molecule has 4 nitrogen and oxygen atoms in total. The van der Waals surface area contributed by atoms with Crippen LogP contribution in [0.3, 0.4) is 0 Å². The molecule has 0 saturated heterocycles. The maximum absolute atomic E-state index is 10.8. The van der Waals surface area contributed by atoms with Gasteiger partial charge >= 0.3 is 29.6 Å². The zero-order valence-electron chi connectivity index (χ0n) is 19.2. The molecular weight excluding hydrogens is 393 g/mol. The van der Waals surface area contributed by atoms with E-state index in [1.807, 2.05) is 4.90 Å². The molecule has 166 valence electrons. The van der Waals surface area contributed by atoms with Crippen LogP contribution in [0.15, 0.2) is 24.8 Å². The average molecular weight is 438 g/mol. The van der Waals surface area contributed by atoms with E-state index < -0.39 is 10.1 Å². The van der Waals surface area contributed by atoms with Crippen molar-refractivity contribution >= 4 is 10.1 Å². The Bertz CT molecular complexity index is 481. The molecule has 0 aliphatic carbocycles. The van der Waals surface area contributed by atoms with Gasteiger partial charge in [0.2, 0.25) is 0 Å². The van der Waals surface area contributed by atoms with Gasteiger partial charge in [0.1, 0.15) is 0 Å². The van der Waals surface area contributed by atoms with E-state index in [4.69, 9.17) is 0 Å². The molecule has 0 radical (unpaired) electrons. The molecule has 0 bridgehead atoms. The van der Waals surface area contributed by atoms with Gasteiger partial charge < -0.3 is 4.55 Å². The normalized spacial score (nSPS) is 11.8. The van der Waals surface area contributed by atoms with E-state index >= 15 is 0 Å². The zero-order chi connectivity index (χ0) is 20.9. The van der Waals surface area contributed by atoms with Crippen molar-refractivity contribution in [1.29, 1.82) is 0 Å². The van der Waals surface area contributed by atoms with E-state index in [9.17, 15) is 13.0 Å². The summed E-state index contributed by atoms with van der Waals surface area (Å²) in [7, 11) is -4.13. The Morgan fingerprint density at radius 2 is 1.28 bits per heavy atom. The second kappa shape index (κ2) is 23.0. The number of nitrogens with zero attached hydrogens (tertiary/aromatic N) is 1. The van der Waals surface area contributed by atoms with E-state index in [-0.39, 0.29) is 35.3 Å². The van der Waals surface area contributed by atoms with Crippen molar-refractivity contribution in [3.63, 3.8) is 0 Å². The van der Waals surface area contributed by atoms with Crippen LogP contribution in [0.5, 0.6) is 0 Å². The molecule has 0 aromatic rings. The minimum Gasteiger partial charge on any atom is -0.748 e. The number of rotatable bonds is 21. The first-order valence-electron chi connectivity index (χ1n) is 11.4. The molecular formula is C23H44NNaO3S. The SMILES string of the molecule is C=CCN(CCCCCCCC/C=C\CCCCCCCC)CCS(=O)(=O)[O-].[Na+]. The van der Waals surface area contributed by atoms with Gasteiger partial charge in [0.05, 0.1) is 15.9 Å². The molecule has 0 rings (SSSR count). The van der Waals surface area contributed by atoms with Crippen molar-refractivity contribution in [2.45, 2.75) is 96.8 Å². The quantitative estimate of drug-likeness (QED) is 0.120. The van der Waals surface area contributed by atoms with Crippen LogP contribution in [0.2, 0.25) is 0 Å². The fourth-order valence-electron chi connectivity index (χ4n) is 3.30. The maximum atomic E-state index is 10.8. The first kappa shape index (κ1) is 31.5. The molecule has 0 N–H and O–H groups in total. The Hall–Kier alpha value is 0.350. The summed E-state index contributed by atoms with van der Waals surface area (Å²) < 4.78 is 32.3. The standard InChI is InChI=1S/C23H45NO3S.Na/c1-3-5-6-7-8-9-10-11-12-13-14-15-16-17-18-19-21-24(20-4-2)22-23-28(25,26)27;/h4,11-12H,2-3,5-10,13-23H2,1H3,(H,25,26,27);/q;+1/p-1/b12-11-;. The first-order valence-corrected chi connectivity index (χ1v) is 13.0. The predicted molar refractivity (Wildman–Crippen MR) is 121 cm³/mol. The fraction of sp³-hybridized carbons (Fsp3) is 0.826. The van der Waals surface area contributed by atoms with Gasteiger partial charge in [-0.2, -0.15) is 0 Å². The van der Waals surface area contributed by atoms with Crippen LogP contribution in [0, 0.1) is 0 Å². The number of hydrogen-bond acceptors (Lipinski definition) is 4. The Balaban J connectivity index is 0. The monoisotopic (exact) mass is 437 g/mol. The second-order valence-corrected chi connectivity index (χ2v) is 9.31. The van der Waals surface area contributed by atoms with E-state index in [1.165, 1.54) is 77.0 Å². The van der Waals surface area contributed by atoms with E-state index in [2.05, 4.69) is 25.7 Å². The molecule has 6 heteroatoms. The topological polar surface area (TPSA) is 60.4 Å². The molecule has 0 saturated carbocycles. The van der Waals surface area contributed by atoms with Crippen LogP contribution < -0.4 is 29.6 Å². The summed E-state index contributed by atoms with van der Waals surface area (Å²) in [5.74, 6) is -0.312. The third-order valence-corrected chi connectivity index (χ3v) is 5.71. The van der Waals surface area contributed by atoms with Gasteiger partial charge in [-0.15, -0.1) is 6.58 Å². The van der Waals surface area contributed by atoms with Crippen molar-refractivity contribution in [2.75, 3.05) is 25.4 Å². The molecule has 0 aliphatic heterocycles. The van der Waals surface area contributed by atoms with Gasteiger partial charge in [-0.3, -0.25) is 4.90 Å². The number of hydrogen-bond donors (Lipinski definition) is 0. The van der Waals surface area contributed by atoms with E-state index in [1.54, 1.807) is 6.08 Å². The summed E-state index contributed by atoms with van der Waals surface area (Å²) in [4.78, 5) is 2.00. The largest absolute Gasteiger partial charge is 1.00 e. The van der Waals surface area contributed by atoms with Gasteiger partial charge in [-0.05, 0) is 38.6 Å². The molecule has 0 aliphatic rings. The van der Waals surface area contributed by atoms with Gasteiger partial charge in [0, 0.05) is 13.1 Å². The van der Waals surface area contributed by atoms with Gasteiger partial charge in [-0.1, -0.05) is 82.9 Å². The van der Waals surface area contributed by atoms with Gasteiger partial charge in [-0.25, -0.2) is 8.42 Å². The minimum absolute atomic E-state index is 0. The summed E-state index contributed by atoms with van der Waals surface area (Å²) in [6.07, 6.45) is 24.4. The number of unbranched alkanes of at least 4 members (excludes halogenated alkanes) is 12. The maximum Gasteiger partial charge on any atom is 1.00 e. The predicted octanol–water partition coefficient (Wildman–Crippen LogP) is 3.06. The molecule has 0 heterocycles. The summed E-state index contributed by atoms with van der Waals surface area (Å²) >= 11 is 0. The van der Waals surface area contributed by atoms with Crippen LogP contribution in [0.25, 0.3) is 0 Å². The minimum atomic E-state index is -4.13. The average Bonchev–Trinajstić information content (AvgIpc) is 2.65. The Morgan fingerprint density at radius 3 is 1.76 bits per heavy atom. The molecule has 0 atom stereocenters. The third kappa shape index (κ3) is 26.3. The Labute approximate surface area is 203 Å². The van der Waals surface area contributed by atoms with Crippen molar-refractivity contribution in [1.82, 2.24) is 4.90 Å². The summed E-state index contributed by atoms with van der Waals surface area (Å²) in [5.41, 5.74) is 0. The Morgan fingerprint density at radius 1 is 0.793 bits per heavy atom. The molecule has 0 unspecified atom stereocenters. The molecule has 0 aromatic carbocycles. The van der Waals surface area contributed by atoms with Crippen molar-refractivity contribution in [3.8, 4) is 0 Å². The fourth-order valence-corrected chi connectivity index (χ4v) is 3.78. The van der Waals surface area contributed by atoms with Crippen LogP contribution in [0.4, 0.5) is 0 Å². The Kier molecular flexibility index (Phi) is 25.0. The van der Waals surface area contributed by atoms with E-state index in [0.717, 1.165) is 19.4 Å². The van der Waals surface area contributed by atoms with Crippen LogP contribution >= 0.6 is 0 Å². The molecule has 0 fully saturated rings. The summed E-state index contributed by atoms with van der Waals surface area (Å²) in [6, 6.07) is 0. The summed E-state index contributed by atoms with van der Waals surface area (Å²) in [6.45, 7) is 7.74. The van der Waals surface area contributed by atoms with Crippen molar-refractivity contribution in [2.24, 2.45) is 0 Å². The molecule has 0 spiro atoms. The third-order valence-electron chi connectivity index (χ3n) is 5.03. The second-order valence-electron chi connectivity index (χ2n) is 7.79. The molecule has 0 aromatic heterocycles. The van der Waals surface area contributed by atoms with E-state index in [0.29, 0.717) is 13.1 Å². The van der Waals surface area contributed by atoms with Crippen LogP contribution in [-0.4, -0.2) is 43.3 Å². The van der Waals surface area contributed by atoms with Crippen molar-refractivity contribution < 1.29 is 42.5 Å². The number of allylic oxidation sites excluding steroid dienone is 2. The van der Waals surface area contributed by atoms with Gasteiger partial charge in [0.25, 0.3) is 0 Å². The molecule has 0 amide bonds. The zero-order valence-corrected chi connectivity index (χ0v) is 22.1.